The minimum Gasteiger partial charge on any atom is -0.392 e. The molecule has 0 aromatic heterocycles. The molecule has 0 aromatic rings. The lowest BCUT2D eigenvalue weighted by Crippen LogP contribution is -2.57. The van der Waals surface area contributed by atoms with Gasteiger partial charge in [0.15, 0.2) is 0 Å². The van der Waals surface area contributed by atoms with E-state index in [1.807, 2.05) is 0 Å². The molecule has 0 heterocycles. The van der Waals surface area contributed by atoms with Crippen LogP contribution in [-0.4, -0.2) is 41.3 Å². The van der Waals surface area contributed by atoms with Crippen molar-refractivity contribution in [1.29, 1.82) is 0 Å². The van der Waals surface area contributed by atoms with Crippen LogP contribution >= 0.6 is 12.2 Å². The molecule has 0 bridgehead atoms. The van der Waals surface area contributed by atoms with Gasteiger partial charge in [0.25, 0.3) is 0 Å². The van der Waals surface area contributed by atoms with Crippen LogP contribution in [0.25, 0.3) is 0 Å². The number of hydrogen-bond donors (Lipinski definition) is 2. The van der Waals surface area contributed by atoms with Crippen molar-refractivity contribution in [1.82, 2.24) is 10.2 Å². The highest BCUT2D eigenvalue weighted by Crippen LogP contribution is 2.46. The van der Waals surface area contributed by atoms with E-state index in [1.54, 1.807) is 7.05 Å². The van der Waals surface area contributed by atoms with E-state index in [2.05, 4.69) is 12.2 Å². The summed E-state index contributed by atoms with van der Waals surface area (Å²) in [6, 6.07) is 0.310. The summed E-state index contributed by atoms with van der Waals surface area (Å²) in [6.45, 7) is 2.15. The minimum absolute atomic E-state index is 0.0775. The number of carbonyl (C=O) groups is 2. The first-order chi connectivity index (χ1) is 8.85. The Morgan fingerprint density at radius 1 is 1.42 bits per heavy atom. The van der Waals surface area contributed by atoms with E-state index in [9.17, 15) is 9.59 Å². The summed E-state index contributed by atoms with van der Waals surface area (Å²) < 4.78 is 0. The molecule has 0 spiro atoms. The highest BCUT2D eigenvalue weighted by Gasteiger charge is 2.52. The van der Waals surface area contributed by atoms with Crippen molar-refractivity contribution in [3.63, 3.8) is 0 Å². The van der Waals surface area contributed by atoms with Gasteiger partial charge in [-0.2, -0.15) is 0 Å². The van der Waals surface area contributed by atoms with Gasteiger partial charge in [0, 0.05) is 13.1 Å². The predicted octanol–water partition coefficient (Wildman–Crippen LogP) is 0.426. The molecule has 2 aliphatic rings. The Balaban J connectivity index is 1.93. The third kappa shape index (κ3) is 2.88. The number of amides is 2. The van der Waals surface area contributed by atoms with Crippen LogP contribution in [0.15, 0.2) is 0 Å². The Labute approximate surface area is 118 Å². The zero-order chi connectivity index (χ0) is 14.2. The second kappa shape index (κ2) is 5.07. The molecule has 2 saturated carbocycles. The van der Waals surface area contributed by atoms with Crippen LogP contribution in [0.5, 0.6) is 0 Å². The van der Waals surface area contributed by atoms with E-state index in [1.165, 1.54) is 4.90 Å². The van der Waals surface area contributed by atoms with Crippen LogP contribution < -0.4 is 11.1 Å². The van der Waals surface area contributed by atoms with E-state index in [0.29, 0.717) is 24.8 Å². The van der Waals surface area contributed by atoms with Crippen LogP contribution in [0.3, 0.4) is 0 Å². The Morgan fingerprint density at radius 3 is 2.42 bits per heavy atom. The lowest BCUT2D eigenvalue weighted by atomic mass is 9.61. The highest BCUT2D eigenvalue weighted by molar-refractivity contribution is 7.80. The molecule has 0 unspecified atom stereocenters. The summed E-state index contributed by atoms with van der Waals surface area (Å²) in [5.41, 5.74) is 5.02. The molecule has 106 valence electrons. The van der Waals surface area contributed by atoms with Gasteiger partial charge in [0.05, 0.1) is 16.9 Å². The third-order valence-electron chi connectivity index (χ3n) is 3.94. The lowest BCUT2D eigenvalue weighted by Gasteiger charge is -2.45. The summed E-state index contributed by atoms with van der Waals surface area (Å²) in [7, 11) is 1.64. The van der Waals surface area contributed by atoms with E-state index in [0.717, 1.165) is 12.8 Å². The third-order valence-corrected chi connectivity index (χ3v) is 4.34. The van der Waals surface area contributed by atoms with E-state index in [-0.39, 0.29) is 23.3 Å². The molecule has 2 amide bonds. The second-order valence-electron chi connectivity index (χ2n) is 5.96. The number of rotatable bonds is 5. The number of nitrogens with one attached hydrogen (secondary N) is 1. The number of hydrogen-bond acceptors (Lipinski definition) is 3. The van der Waals surface area contributed by atoms with E-state index in [4.69, 9.17) is 18.0 Å². The van der Waals surface area contributed by atoms with Crippen molar-refractivity contribution < 1.29 is 9.59 Å². The molecule has 0 aliphatic heterocycles. The van der Waals surface area contributed by atoms with Crippen molar-refractivity contribution in [2.45, 2.75) is 38.6 Å². The predicted molar refractivity (Wildman–Crippen MR) is 76.4 cm³/mol. The molecule has 19 heavy (non-hydrogen) atoms. The van der Waals surface area contributed by atoms with Gasteiger partial charge in [-0.1, -0.05) is 19.1 Å². The summed E-state index contributed by atoms with van der Waals surface area (Å²) in [5, 5.41) is 2.87. The van der Waals surface area contributed by atoms with E-state index >= 15 is 0 Å². The smallest absolute Gasteiger partial charge is 0.239 e. The first-order valence-corrected chi connectivity index (χ1v) is 7.11. The largest absolute Gasteiger partial charge is 0.392 e. The average Bonchev–Trinajstić information content (AvgIpc) is 3.06. The molecule has 6 heteroatoms. The summed E-state index contributed by atoms with van der Waals surface area (Å²) in [5.74, 6) is 0.229. The Hall–Kier alpha value is -1.17. The van der Waals surface area contributed by atoms with Crippen LogP contribution in [0.4, 0.5) is 0 Å². The van der Waals surface area contributed by atoms with Crippen LogP contribution in [0.2, 0.25) is 0 Å². The number of carbonyl (C=O) groups excluding carboxylic acids is 2. The van der Waals surface area contributed by atoms with Gasteiger partial charge in [-0.3, -0.25) is 9.59 Å². The van der Waals surface area contributed by atoms with Crippen LogP contribution in [-0.2, 0) is 9.59 Å². The van der Waals surface area contributed by atoms with Crippen molar-refractivity contribution in [2.75, 3.05) is 13.6 Å². The number of nitrogens with two attached hydrogens (primary N) is 1. The van der Waals surface area contributed by atoms with Crippen LogP contribution in [0.1, 0.15) is 32.6 Å². The Morgan fingerprint density at radius 2 is 2.00 bits per heavy atom. The van der Waals surface area contributed by atoms with Gasteiger partial charge in [-0.15, -0.1) is 0 Å². The van der Waals surface area contributed by atoms with Crippen molar-refractivity contribution in [3.8, 4) is 0 Å². The van der Waals surface area contributed by atoms with Crippen molar-refractivity contribution >= 4 is 29.0 Å². The first-order valence-electron chi connectivity index (χ1n) is 6.70. The topological polar surface area (TPSA) is 75.4 Å². The molecule has 0 saturated heterocycles. The van der Waals surface area contributed by atoms with Gasteiger partial charge in [-0.25, -0.2) is 0 Å². The maximum atomic E-state index is 12.4. The molecule has 0 aromatic carbocycles. The van der Waals surface area contributed by atoms with E-state index < -0.39 is 5.41 Å². The minimum atomic E-state index is -0.719. The maximum Gasteiger partial charge on any atom is 0.239 e. The molecular formula is C13H21N3O2S. The molecule has 2 rings (SSSR count). The monoisotopic (exact) mass is 283 g/mol. The molecule has 2 aliphatic carbocycles. The molecule has 0 atom stereocenters. The van der Waals surface area contributed by atoms with Crippen molar-refractivity contribution in [2.24, 2.45) is 17.1 Å². The second-order valence-corrected chi connectivity index (χ2v) is 6.40. The zero-order valence-electron chi connectivity index (χ0n) is 11.4. The number of likely N-dealkylation sites (N-methyl/N-ethyl adjacent to an activating group) is 1. The quantitative estimate of drug-likeness (QED) is 0.717. The maximum absolute atomic E-state index is 12.4. The molecule has 5 nitrogen and oxygen atoms in total. The van der Waals surface area contributed by atoms with Gasteiger partial charge >= 0.3 is 0 Å². The normalized spacial score (nSPS) is 29.3. The SMILES string of the molecule is CC1CC(C(=O)N(C)CC(=O)NC2CC2)(C(N)=S)C1. The standard InChI is InChI=1S/C13H21N3O2S/c1-8-5-13(6-8,11(14)19)12(18)16(2)7-10(17)15-9-3-4-9/h8-9H,3-7H2,1-2H3,(H2,14,19)(H,15,17). The van der Waals surface area contributed by atoms with Gasteiger partial charge in [0.1, 0.15) is 0 Å². The molecular weight excluding hydrogens is 262 g/mol. The molecule has 3 N–H and O–H groups in total. The molecule has 2 fully saturated rings. The Bertz CT molecular complexity index is 414. The average molecular weight is 283 g/mol. The Kier molecular flexibility index (Phi) is 3.80. The lowest BCUT2D eigenvalue weighted by molar-refractivity contribution is -0.145. The summed E-state index contributed by atoms with van der Waals surface area (Å²) in [6.07, 6.45) is 3.46. The van der Waals surface area contributed by atoms with Crippen molar-refractivity contribution in [3.05, 3.63) is 0 Å². The highest BCUT2D eigenvalue weighted by atomic mass is 32.1. The summed E-state index contributed by atoms with van der Waals surface area (Å²) >= 11 is 5.05. The summed E-state index contributed by atoms with van der Waals surface area (Å²) in [4.78, 5) is 25.9. The van der Waals surface area contributed by atoms with Gasteiger partial charge in [0.2, 0.25) is 11.8 Å². The fourth-order valence-corrected chi connectivity index (χ4v) is 3.02. The van der Waals surface area contributed by atoms with Crippen LogP contribution in [0, 0.1) is 11.3 Å². The fourth-order valence-electron chi connectivity index (χ4n) is 2.76. The fraction of sp³-hybridized carbons (Fsp3) is 0.769. The molecule has 0 radical (unpaired) electrons. The number of nitrogens with zero attached hydrogens (tertiary/aromatic N) is 1. The van der Waals surface area contributed by atoms with Gasteiger partial charge < -0.3 is 16.0 Å². The van der Waals surface area contributed by atoms with Gasteiger partial charge in [-0.05, 0) is 31.6 Å². The first kappa shape index (κ1) is 14.2. The zero-order valence-corrected chi connectivity index (χ0v) is 12.3. The number of thiocarbonyl (C=S) groups is 1.